The van der Waals surface area contributed by atoms with Gasteiger partial charge in [0.25, 0.3) is 0 Å². The molecule has 0 amide bonds. The molecule has 3 nitrogen and oxygen atoms in total. The zero-order valence-corrected chi connectivity index (χ0v) is 10.1. The van der Waals surface area contributed by atoms with Gasteiger partial charge in [-0.25, -0.2) is 0 Å². The van der Waals surface area contributed by atoms with Crippen LogP contribution < -0.4 is 5.19 Å². The summed E-state index contributed by atoms with van der Waals surface area (Å²) >= 11 is 0. The Bertz CT molecular complexity index is 387. The van der Waals surface area contributed by atoms with Gasteiger partial charge in [-0.2, -0.15) is 0 Å². The van der Waals surface area contributed by atoms with Gasteiger partial charge in [0.15, 0.2) is 0 Å². The van der Waals surface area contributed by atoms with E-state index in [0.717, 1.165) is 5.69 Å². The van der Waals surface area contributed by atoms with Crippen LogP contribution in [-0.4, -0.2) is 8.07 Å². The molecule has 0 unspecified atom stereocenters. The molecule has 0 fully saturated rings. The quantitative estimate of drug-likeness (QED) is 0.307. The molecule has 0 aliphatic carbocycles. The third kappa shape index (κ3) is 2.16. The van der Waals surface area contributed by atoms with Gasteiger partial charge in [0.1, 0.15) is 0 Å². The Morgan fingerprint density at radius 2 is 1.93 bits per heavy atom. The highest BCUT2D eigenvalue weighted by Crippen LogP contribution is 2.17. The fraction of sp³-hybridized carbons (Fsp3) is 0.400. The fourth-order valence-electron chi connectivity index (χ4n) is 1.76. The first-order valence-corrected chi connectivity index (χ1v) is 8.12. The van der Waals surface area contributed by atoms with Crippen molar-refractivity contribution in [3.05, 3.63) is 34.2 Å². The van der Waals surface area contributed by atoms with E-state index in [1.54, 1.807) is 0 Å². The lowest BCUT2D eigenvalue weighted by Gasteiger charge is -2.21. The number of nitrogens with zero attached hydrogens (tertiary/aromatic N) is 3. The van der Waals surface area contributed by atoms with Crippen molar-refractivity contribution in [2.75, 3.05) is 0 Å². The lowest BCUT2D eigenvalue weighted by molar-refractivity contribution is 1.43. The molecule has 0 spiro atoms. The van der Waals surface area contributed by atoms with Crippen molar-refractivity contribution < 1.29 is 0 Å². The zero-order valence-electron chi connectivity index (χ0n) is 9.07. The van der Waals surface area contributed by atoms with Crippen LogP contribution >= 0.6 is 0 Å². The summed E-state index contributed by atoms with van der Waals surface area (Å²) in [5.41, 5.74) is 10.5. The summed E-state index contributed by atoms with van der Waals surface area (Å²) in [6.07, 6.45) is 0. The second-order valence-corrected chi connectivity index (χ2v) is 9.41. The number of rotatable bonds is 2. The normalized spacial score (nSPS) is 10.9. The average molecular weight is 205 g/mol. The van der Waals surface area contributed by atoms with E-state index in [1.807, 2.05) is 12.1 Å². The summed E-state index contributed by atoms with van der Waals surface area (Å²) in [6, 6.07) is 5.90. The van der Waals surface area contributed by atoms with E-state index in [0.29, 0.717) is 0 Å². The molecule has 0 saturated carbocycles. The molecule has 0 aromatic heterocycles. The molecule has 0 atom stereocenters. The summed E-state index contributed by atoms with van der Waals surface area (Å²) in [4.78, 5) is 2.87. The molecule has 74 valence electrons. The molecule has 0 bridgehead atoms. The third-order valence-corrected chi connectivity index (χ3v) is 4.30. The van der Waals surface area contributed by atoms with Crippen molar-refractivity contribution in [1.82, 2.24) is 0 Å². The van der Waals surface area contributed by atoms with Gasteiger partial charge in [-0.15, -0.1) is 0 Å². The maximum absolute atomic E-state index is 8.47. The maximum atomic E-state index is 8.47. The van der Waals surface area contributed by atoms with Gasteiger partial charge < -0.3 is 0 Å². The van der Waals surface area contributed by atoms with Gasteiger partial charge in [0, 0.05) is 10.6 Å². The molecule has 0 heterocycles. The minimum atomic E-state index is -1.42. The monoisotopic (exact) mass is 205 g/mol. The van der Waals surface area contributed by atoms with Crippen molar-refractivity contribution in [2.45, 2.75) is 26.6 Å². The smallest absolute Gasteiger partial charge is 0.0656 e. The number of aryl methyl sites for hydroxylation is 1. The molecule has 1 aromatic rings. The summed E-state index contributed by atoms with van der Waals surface area (Å²) < 4.78 is 0. The number of azide groups is 1. The molecule has 1 rings (SSSR count). The van der Waals surface area contributed by atoms with Gasteiger partial charge in [-0.05, 0) is 17.6 Å². The Labute approximate surface area is 85.4 Å². The maximum Gasteiger partial charge on any atom is 0.0785 e. The summed E-state index contributed by atoms with van der Waals surface area (Å²) in [6.45, 7) is 8.84. The van der Waals surface area contributed by atoms with Gasteiger partial charge in [0.05, 0.1) is 8.07 Å². The van der Waals surface area contributed by atoms with Crippen LogP contribution in [0.25, 0.3) is 10.4 Å². The van der Waals surface area contributed by atoms with E-state index in [4.69, 9.17) is 5.53 Å². The fourth-order valence-corrected chi connectivity index (χ4v) is 3.93. The van der Waals surface area contributed by atoms with Crippen molar-refractivity contribution in [1.29, 1.82) is 0 Å². The third-order valence-electron chi connectivity index (χ3n) is 2.15. The Morgan fingerprint density at radius 1 is 1.29 bits per heavy atom. The SMILES string of the molecule is Cc1cccc(N=[N+]=[N-])c1[Si](C)(C)C. The van der Waals surface area contributed by atoms with Crippen LogP contribution in [0.2, 0.25) is 19.6 Å². The Kier molecular flexibility index (Phi) is 2.98. The molecule has 4 heteroatoms. The van der Waals surface area contributed by atoms with Crippen LogP contribution in [0, 0.1) is 6.92 Å². The van der Waals surface area contributed by atoms with E-state index in [1.165, 1.54) is 10.8 Å². The summed E-state index contributed by atoms with van der Waals surface area (Å²) in [7, 11) is -1.42. The lowest BCUT2D eigenvalue weighted by atomic mass is 10.2. The van der Waals surface area contributed by atoms with Crippen LogP contribution in [0.5, 0.6) is 0 Å². The number of hydrogen-bond acceptors (Lipinski definition) is 1. The van der Waals surface area contributed by atoms with Crippen molar-refractivity contribution in [3.8, 4) is 0 Å². The van der Waals surface area contributed by atoms with Crippen molar-refractivity contribution in [2.24, 2.45) is 5.11 Å². The standard InChI is InChI=1S/C10H15N3Si/c1-8-6-5-7-9(12-13-11)10(8)14(2,3)4/h5-7H,1-4H3. The molecule has 14 heavy (non-hydrogen) atoms. The van der Waals surface area contributed by atoms with E-state index >= 15 is 0 Å². The van der Waals surface area contributed by atoms with E-state index in [9.17, 15) is 0 Å². The van der Waals surface area contributed by atoms with Gasteiger partial charge in [-0.1, -0.05) is 48.5 Å². The number of hydrogen-bond donors (Lipinski definition) is 0. The molecule has 0 N–H and O–H groups in total. The topological polar surface area (TPSA) is 48.8 Å². The van der Waals surface area contributed by atoms with E-state index < -0.39 is 8.07 Å². The van der Waals surface area contributed by atoms with E-state index in [2.05, 4.69) is 42.7 Å². The van der Waals surface area contributed by atoms with Crippen LogP contribution in [0.3, 0.4) is 0 Å². The Balaban J connectivity index is 3.44. The van der Waals surface area contributed by atoms with Gasteiger partial charge in [-0.3, -0.25) is 0 Å². The second kappa shape index (κ2) is 3.86. The summed E-state index contributed by atoms with van der Waals surface area (Å²) in [5.74, 6) is 0. The first-order chi connectivity index (χ1) is 6.46. The van der Waals surface area contributed by atoms with Crippen molar-refractivity contribution >= 4 is 18.9 Å². The molecule has 1 aromatic carbocycles. The Morgan fingerprint density at radius 3 is 2.43 bits per heavy atom. The average Bonchev–Trinajstić information content (AvgIpc) is 2.02. The first kappa shape index (κ1) is 10.8. The van der Waals surface area contributed by atoms with Gasteiger partial charge in [0.2, 0.25) is 0 Å². The van der Waals surface area contributed by atoms with Crippen LogP contribution in [0.15, 0.2) is 23.3 Å². The molecular weight excluding hydrogens is 190 g/mol. The molecule has 0 saturated heterocycles. The van der Waals surface area contributed by atoms with E-state index in [-0.39, 0.29) is 0 Å². The highest BCUT2D eigenvalue weighted by atomic mass is 28.3. The zero-order chi connectivity index (χ0) is 10.8. The predicted molar refractivity (Wildman–Crippen MR) is 63.0 cm³/mol. The van der Waals surface area contributed by atoms with Crippen LogP contribution in [0.1, 0.15) is 5.56 Å². The molecule has 0 radical (unpaired) electrons. The van der Waals surface area contributed by atoms with Crippen molar-refractivity contribution in [3.63, 3.8) is 0 Å². The molecule has 0 aliphatic heterocycles. The lowest BCUT2D eigenvalue weighted by Crippen LogP contribution is -2.39. The molecule has 0 aliphatic rings. The van der Waals surface area contributed by atoms with Gasteiger partial charge >= 0.3 is 0 Å². The Hall–Kier alpha value is -1.25. The largest absolute Gasteiger partial charge is 0.0785 e. The van der Waals surface area contributed by atoms with Crippen LogP contribution in [0.4, 0.5) is 5.69 Å². The predicted octanol–water partition coefficient (Wildman–Crippen LogP) is 3.48. The highest BCUT2D eigenvalue weighted by Gasteiger charge is 2.21. The molecular formula is C10H15N3Si. The first-order valence-electron chi connectivity index (χ1n) is 4.62. The second-order valence-electron chi connectivity index (χ2n) is 4.41. The van der Waals surface area contributed by atoms with Crippen LogP contribution in [-0.2, 0) is 0 Å². The minimum absolute atomic E-state index is 0.798. The summed E-state index contributed by atoms with van der Waals surface area (Å²) in [5, 5.41) is 5.01. The highest BCUT2D eigenvalue weighted by molar-refractivity contribution is 6.90. The number of benzene rings is 1. The minimum Gasteiger partial charge on any atom is -0.0656 e.